The SMILES string of the molecule is CCC(O)CCNCc1ccc(-c2ccccc2)o1. The fourth-order valence-corrected chi connectivity index (χ4v) is 1.91. The molecule has 0 saturated carbocycles. The van der Waals surface area contributed by atoms with E-state index in [2.05, 4.69) is 5.32 Å². The number of furan rings is 1. The summed E-state index contributed by atoms with van der Waals surface area (Å²) in [5, 5.41) is 12.7. The summed E-state index contributed by atoms with van der Waals surface area (Å²) in [4.78, 5) is 0. The van der Waals surface area contributed by atoms with Crippen molar-refractivity contribution in [1.82, 2.24) is 5.32 Å². The molecule has 1 heterocycles. The monoisotopic (exact) mass is 259 g/mol. The first-order valence-electron chi connectivity index (χ1n) is 6.82. The summed E-state index contributed by atoms with van der Waals surface area (Å²) >= 11 is 0. The Morgan fingerprint density at radius 1 is 1.16 bits per heavy atom. The quantitative estimate of drug-likeness (QED) is 0.751. The molecule has 0 aliphatic carbocycles. The number of aliphatic hydroxyl groups excluding tert-OH is 1. The molecule has 3 nitrogen and oxygen atoms in total. The summed E-state index contributed by atoms with van der Waals surface area (Å²) in [5.41, 5.74) is 1.09. The van der Waals surface area contributed by atoms with Crippen molar-refractivity contribution in [2.24, 2.45) is 0 Å². The van der Waals surface area contributed by atoms with Crippen LogP contribution in [0, 0.1) is 0 Å². The molecular formula is C16H21NO2. The molecule has 0 radical (unpaired) electrons. The molecule has 1 aromatic heterocycles. The van der Waals surface area contributed by atoms with E-state index < -0.39 is 0 Å². The fourth-order valence-electron chi connectivity index (χ4n) is 1.91. The van der Waals surface area contributed by atoms with Crippen LogP contribution in [0.4, 0.5) is 0 Å². The average molecular weight is 259 g/mol. The van der Waals surface area contributed by atoms with Gasteiger partial charge < -0.3 is 14.8 Å². The first kappa shape index (κ1) is 13.8. The fraction of sp³-hybridized carbons (Fsp3) is 0.375. The van der Waals surface area contributed by atoms with Crippen LogP contribution in [0.2, 0.25) is 0 Å². The van der Waals surface area contributed by atoms with Crippen LogP contribution >= 0.6 is 0 Å². The van der Waals surface area contributed by atoms with Crippen LogP contribution in [0.25, 0.3) is 11.3 Å². The highest BCUT2D eigenvalue weighted by molar-refractivity contribution is 5.57. The van der Waals surface area contributed by atoms with Crippen LogP contribution in [0.5, 0.6) is 0 Å². The topological polar surface area (TPSA) is 45.4 Å². The van der Waals surface area contributed by atoms with Gasteiger partial charge in [0.25, 0.3) is 0 Å². The lowest BCUT2D eigenvalue weighted by Gasteiger charge is -2.07. The van der Waals surface area contributed by atoms with Crippen molar-refractivity contribution < 1.29 is 9.52 Å². The molecule has 1 aromatic carbocycles. The van der Waals surface area contributed by atoms with E-state index in [1.54, 1.807) is 0 Å². The van der Waals surface area contributed by atoms with E-state index >= 15 is 0 Å². The normalized spacial score (nSPS) is 12.5. The van der Waals surface area contributed by atoms with Crippen molar-refractivity contribution in [3.8, 4) is 11.3 Å². The molecule has 0 bridgehead atoms. The van der Waals surface area contributed by atoms with Crippen molar-refractivity contribution in [3.63, 3.8) is 0 Å². The second kappa shape index (κ2) is 7.12. The molecule has 19 heavy (non-hydrogen) atoms. The standard InChI is InChI=1S/C16H21NO2/c1-2-14(18)10-11-17-12-15-8-9-16(19-15)13-6-4-3-5-7-13/h3-9,14,17-18H,2,10-12H2,1H3. The van der Waals surface area contributed by atoms with Gasteiger partial charge in [-0.3, -0.25) is 0 Å². The molecule has 1 atom stereocenters. The molecule has 0 aliphatic heterocycles. The minimum atomic E-state index is -0.205. The van der Waals surface area contributed by atoms with Gasteiger partial charge >= 0.3 is 0 Å². The second-order valence-electron chi connectivity index (χ2n) is 4.66. The lowest BCUT2D eigenvalue weighted by Crippen LogP contribution is -2.19. The van der Waals surface area contributed by atoms with Crippen LogP contribution in [-0.4, -0.2) is 17.8 Å². The summed E-state index contributed by atoms with van der Waals surface area (Å²) < 4.78 is 5.78. The third kappa shape index (κ3) is 4.23. The molecule has 1 unspecified atom stereocenters. The zero-order valence-corrected chi connectivity index (χ0v) is 11.3. The Balaban J connectivity index is 1.82. The Hall–Kier alpha value is -1.58. The largest absolute Gasteiger partial charge is 0.460 e. The first-order chi connectivity index (χ1) is 9.29. The van der Waals surface area contributed by atoms with Crippen LogP contribution in [0.3, 0.4) is 0 Å². The van der Waals surface area contributed by atoms with Gasteiger partial charge in [-0.1, -0.05) is 37.3 Å². The molecule has 3 heteroatoms. The van der Waals surface area contributed by atoms with Gasteiger partial charge in [0, 0.05) is 5.56 Å². The van der Waals surface area contributed by atoms with Crippen molar-refractivity contribution in [3.05, 3.63) is 48.2 Å². The van der Waals surface area contributed by atoms with Gasteiger partial charge in [0.2, 0.25) is 0 Å². The van der Waals surface area contributed by atoms with E-state index in [1.165, 1.54) is 0 Å². The molecule has 0 amide bonds. The third-order valence-corrected chi connectivity index (χ3v) is 3.14. The molecule has 0 saturated heterocycles. The first-order valence-corrected chi connectivity index (χ1v) is 6.82. The van der Waals surface area contributed by atoms with E-state index in [0.29, 0.717) is 6.54 Å². The maximum atomic E-state index is 9.44. The highest BCUT2D eigenvalue weighted by atomic mass is 16.3. The van der Waals surface area contributed by atoms with Gasteiger partial charge in [-0.05, 0) is 31.5 Å². The molecule has 102 valence electrons. The number of benzene rings is 1. The van der Waals surface area contributed by atoms with Crippen LogP contribution in [0.1, 0.15) is 25.5 Å². The van der Waals surface area contributed by atoms with Gasteiger partial charge in [0.05, 0.1) is 12.6 Å². The molecular weight excluding hydrogens is 238 g/mol. The van der Waals surface area contributed by atoms with Crippen LogP contribution in [0.15, 0.2) is 46.9 Å². The number of nitrogens with one attached hydrogen (secondary N) is 1. The molecule has 2 aromatic rings. The minimum Gasteiger partial charge on any atom is -0.460 e. The van der Waals surface area contributed by atoms with Gasteiger partial charge in [-0.15, -0.1) is 0 Å². The van der Waals surface area contributed by atoms with Gasteiger partial charge in [-0.25, -0.2) is 0 Å². The Morgan fingerprint density at radius 3 is 2.68 bits per heavy atom. The molecule has 2 rings (SSSR count). The zero-order chi connectivity index (χ0) is 13.5. The van der Waals surface area contributed by atoms with Crippen molar-refractivity contribution in [2.75, 3.05) is 6.54 Å². The van der Waals surface area contributed by atoms with E-state index in [0.717, 1.165) is 36.5 Å². The van der Waals surface area contributed by atoms with E-state index in [-0.39, 0.29) is 6.10 Å². The Kier molecular flexibility index (Phi) is 5.19. The van der Waals surface area contributed by atoms with E-state index in [4.69, 9.17) is 4.42 Å². The highest BCUT2D eigenvalue weighted by Gasteiger charge is 2.04. The van der Waals surface area contributed by atoms with Gasteiger partial charge in [0.15, 0.2) is 0 Å². The van der Waals surface area contributed by atoms with Crippen molar-refractivity contribution in [2.45, 2.75) is 32.4 Å². The lowest BCUT2D eigenvalue weighted by atomic mass is 10.2. The molecule has 0 aliphatic rings. The van der Waals surface area contributed by atoms with Gasteiger partial charge in [-0.2, -0.15) is 0 Å². The van der Waals surface area contributed by atoms with Crippen LogP contribution < -0.4 is 5.32 Å². The minimum absolute atomic E-state index is 0.205. The van der Waals surface area contributed by atoms with Crippen molar-refractivity contribution in [1.29, 1.82) is 0 Å². The van der Waals surface area contributed by atoms with E-state index in [1.807, 2.05) is 49.4 Å². The summed E-state index contributed by atoms with van der Waals surface area (Å²) in [6, 6.07) is 14.1. The Morgan fingerprint density at radius 2 is 1.95 bits per heavy atom. The summed E-state index contributed by atoms with van der Waals surface area (Å²) in [7, 11) is 0. The zero-order valence-electron chi connectivity index (χ0n) is 11.3. The Bertz CT molecular complexity index is 479. The summed E-state index contributed by atoms with van der Waals surface area (Å²) in [6.45, 7) is 3.49. The number of aliphatic hydroxyl groups is 1. The number of hydrogen-bond acceptors (Lipinski definition) is 3. The van der Waals surface area contributed by atoms with Crippen LogP contribution in [-0.2, 0) is 6.54 Å². The van der Waals surface area contributed by atoms with Crippen molar-refractivity contribution >= 4 is 0 Å². The highest BCUT2D eigenvalue weighted by Crippen LogP contribution is 2.21. The Labute approximate surface area is 114 Å². The smallest absolute Gasteiger partial charge is 0.134 e. The second-order valence-corrected chi connectivity index (χ2v) is 4.66. The predicted molar refractivity (Wildman–Crippen MR) is 76.8 cm³/mol. The molecule has 2 N–H and O–H groups in total. The third-order valence-electron chi connectivity index (χ3n) is 3.14. The summed E-state index contributed by atoms with van der Waals surface area (Å²) in [6.07, 6.45) is 1.38. The lowest BCUT2D eigenvalue weighted by molar-refractivity contribution is 0.159. The van der Waals surface area contributed by atoms with E-state index in [9.17, 15) is 5.11 Å². The van der Waals surface area contributed by atoms with Gasteiger partial charge in [0.1, 0.15) is 11.5 Å². The maximum absolute atomic E-state index is 9.44. The number of hydrogen-bond donors (Lipinski definition) is 2. The summed E-state index contributed by atoms with van der Waals surface area (Å²) in [5.74, 6) is 1.82. The predicted octanol–water partition coefficient (Wildman–Crippen LogP) is 3.20. The maximum Gasteiger partial charge on any atom is 0.134 e. The average Bonchev–Trinajstić information content (AvgIpc) is 2.93. The molecule has 0 spiro atoms. The number of rotatable bonds is 7. The molecule has 0 fully saturated rings.